The summed E-state index contributed by atoms with van der Waals surface area (Å²) in [6.07, 6.45) is 1.17. The van der Waals surface area contributed by atoms with Crippen LogP contribution in [0.4, 0.5) is 4.39 Å². The van der Waals surface area contributed by atoms with Crippen LogP contribution >= 0.6 is 23.2 Å². The fourth-order valence-corrected chi connectivity index (χ4v) is 3.95. The zero-order valence-corrected chi connectivity index (χ0v) is 20.5. The van der Waals surface area contributed by atoms with Gasteiger partial charge in [-0.05, 0) is 47.4 Å². The summed E-state index contributed by atoms with van der Waals surface area (Å²) in [6.45, 7) is 2.66. The first-order valence-corrected chi connectivity index (χ1v) is 11.9. The molecule has 0 saturated carbocycles. The summed E-state index contributed by atoms with van der Waals surface area (Å²) in [5, 5.41) is 3.72. The van der Waals surface area contributed by atoms with Crippen molar-refractivity contribution in [2.75, 3.05) is 6.54 Å². The Hall–Kier alpha value is -2.89. The highest BCUT2D eigenvalue weighted by molar-refractivity contribution is 6.42. The number of rotatable bonds is 10. The summed E-state index contributed by atoms with van der Waals surface area (Å²) < 4.78 is 13.4. The summed E-state index contributed by atoms with van der Waals surface area (Å²) in [5.41, 5.74) is 2.36. The molecule has 0 unspecified atom stereocenters. The molecule has 0 saturated heterocycles. The lowest BCUT2D eigenvalue weighted by Gasteiger charge is -2.32. The number of carbonyl (C=O) groups is 2. The number of benzene rings is 3. The van der Waals surface area contributed by atoms with Crippen molar-refractivity contribution in [1.29, 1.82) is 0 Å². The fourth-order valence-electron chi connectivity index (χ4n) is 3.63. The molecule has 0 aliphatic heterocycles. The third kappa shape index (κ3) is 7.31. The standard InChI is InChI=1S/C27H27Cl2FN2O2/c1-2-14-31-27(34)25(16-19-6-4-3-5-7-19)32(18-21-10-13-23(28)24(29)15-21)26(33)17-20-8-11-22(30)12-9-20/h3-13,15,25H,2,14,16-18H2,1H3,(H,31,34)/t25-/m1/s1. The Morgan fingerprint density at radius 1 is 0.912 bits per heavy atom. The number of hydrogen-bond donors (Lipinski definition) is 1. The van der Waals surface area contributed by atoms with Gasteiger partial charge in [-0.15, -0.1) is 0 Å². The van der Waals surface area contributed by atoms with E-state index < -0.39 is 6.04 Å². The molecule has 0 radical (unpaired) electrons. The van der Waals surface area contributed by atoms with Crippen LogP contribution in [-0.2, 0) is 29.0 Å². The summed E-state index contributed by atoms with van der Waals surface area (Å²) in [5.74, 6) is -0.840. The Morgan fingerprint density at radius 3 is 2.24 bits per heavy atom. The van der Waals surface area contributed by atoms with Crippen molar-refractivity contribution < 1.29 is 14.0 Å². The summed E-state index contributed by atoms with van der Waals surface area (Å²) in [4.78, 5) is 28.4. The molecule has 0 aromatic heterocycles. The molecule has 0 aliphatic rings. The van der Waals surface area contributed by atoms with Crippen LogP contribution in [0.2, 0.25) is 10.0 Å². The predicted octanol–water partition coefficient (Wildman–Crippen LogP) is 5.84. The van der Waals surface area contributed by atoms with E-state index in [0.717, 1.165) is 17.5 Å². The van der Waals surface area contributed by atoms with Gasteiger partial charge in [-0.1, -0.05) is 78.7 Å². The molecule has 2 amide bonds. The second-order valence-corrected chi connectivity index (χ2v) is 8.88. The van der Waals surface area contributed by atoms with E-state index in [9.17, 15) is 14.0 Å². The highest BCUT2D eigenvalue weighted by Crippen LogP contribution is 2.24. The van der Waals surface area contributed by atoms with Crippen LogP contribution in [0.1, 0.15) is 30.0 Å². The van der Waals surface area contributed by atoms with Crippen LogP contribution in [0.15, 0.2) is 72.8 Å². The minimum Gasteiger partial charge on any atom is -0.354 e. The van der Waals surface area contributed by atoms with Crippen LogP contribution in [0.25, 0.3) is 0 Å². The van der Waals surface area contributed by atoms with Crippen molar-refractivity contribution in [3.63, 3.8) is 0 Å². The molecule has 7 heteroatoms. The van der Waals surface area contributed by atoms with Crippen molar-refractivity contribution in [1.82, 2.24) is 10.2 Å². The minimum absolute atomic E-state index is 0.0357. The maximum Gasteiger partial charge on any atom is 0.243 e. The summed E-state index contributed by atoms with van der Waals surface area (Å²) in [6, 6.07) is 19.8. The van der Waals surface area contributed by atoms with E-state index in [4.69, 9.17) is 23.2 Å². The van der Waals surface area contributed by atoms with Gasteiger partial charge in [0.05, 0.1) is 16.5 Å². The van der Waals surface area contributed by atoms with E-state index in [2.05, 4.69) is 5.32 Å². The van der Waals surface area contributed by atoms with Gasteiger partial charge >= 0.3 is 0 Å². The molecule has 0 spiro atoms. The van der Waals surface area contributed by atoms with Gasteiger partial charge < -0.3 is 10.2 Å². The van der Waals surface area contributed by atoms with Crippen LogP contribution in [0, 0.1) is 5.82 Å². The Kier molecular flexibility index (Phi) is 9.49. The average Bonchev–Trinajstić information content (AvgIpc) is 2.84. The fraction of sp³-hybridized carbons (Fsp3) is 0.259. The topological polar surface area (TPSA) is 49.4 Å². The number of carbonyl (C=O) groups excluding carboxylic acids is 2. The first-order chi connectivity index (χ1) is 16.4. The molecule has 1 N–H and O–H groups in total. The summed E-state index contributed by atoms with van der Waals surface area (Å²) >= 11 is 12.3. The van der Waals surface area contributed by atoms with Gasteiger partial charge in [0, 0.05) is 19.5 Å². The number of hydrogen-bond acceptors (Lipinski definition) is 2. The Morgan fingerprint density at radius 2 is 1.59 bits per heavy atom. The molecule has 178 valence electrons. The molecule has 0 aliphatic carbocycles. The van der Waals surface area contributed by atoms with Gasteiger partial charge in [0.2, 0.25) is 11.8 Å². The van der Waals surface area contributed by atoms with Crippen LogP contribution < -0.4 is 5.32 Å². The van der Waals surface area contributed by atoms with Gasteiger partial charge in [0.25, 0.3) is 0 Å². The normalized spacial score (nSPS) is 11.6. The predicted molar refractivity (Wildman–Crippen MR) is 134 cm³/mol. The van der Waals surface area contributed by atoms with Crippen LogP contribution in [0.5, 0.6) is 0 Å². The SMILES string of the molecule is CCCNC(=O)[C@@H](Cc1ccccc1)N(Cc1ccc(Cl)c(Cl)c1)C(=O)Cc1ccc(F)cc1. The second kappa shape index (κ2) is 12.5. The zero-order chi connectivity index (χ0) is 24.5. The van der Waals surface area contributed by atoms with Crippen molar-refractivity contribution >= 4 is 35.0 Å². The monoisotopic (exact) mass is 500 g/mol. The second-order valence-electron chi connectivity index (χ2n) is 8.07. The van der Waals surface area contributed by atoms with E-state index in [1.165, 1.54) is 12.1 Å². The highest BCUT2D eigenvalue weighted by atomic mass is 35.5. The number of halogens is 3. The minimum atomic E-state index is -0.739. The molecule has 3 rings (SSSR count). The Balaban J connectivity index is 1.96. The van der Waals surface area contributed by atoms with Gasteiger partial charge in [-0.3, -0.25) is 9.59 Å². The van der Waals surface area contributed by atoms with E-state index in [-0.39, 0.29) is 30.6 Å². The molecule has 3 aromatic carbocycles. The van der Waals surface area contributed by atoms with E-state index in [1.807, 2.05) is 37.3 Å². The largest absolute Gasteiger partial charge is 0.354 e. The molecule has 4 nitrogen and oxygen atoms in total. The Labute approximate surface area is 209 Å². The van der Waals surface area contributed by atoms with Gasteiger partial charge in [0.15, 0.2) is 0 Å². The van der Waals surface area contributed by atoms with E-state index in [1.54, 1.807) is 35.2 Å². The third-order valence-corrected chi connectivity index (χ3v) is 6.16. The first-order valence-electron chi connectivity index (χ1n) is 11.2. The number of nitrogens with zero attached hydrogens (tertiary/aromatic N) is 1. The van der Waals surface area contributed by atoms with Crippen LogP contribution in [0.3, 0.4) is 0 Å². The molecule has 3 aromatic rings. The van der Waals surface area contributed by atoms with Crippen molar-refractivity contribution in [3.8, 4) is 0 Å². The first kappa shape index (κ1) is 25.7. The van der Waals surface area contributed by atoms with Crippen molar-refractivity contribution in [3.05, 3.63) is 105 Å². The van der Waals surface area contributed by atoms with Gasteiger partial charge in [0.1, 0.15) is 11.9 Å². The lowest BCUT2D eigenvalue weighted by molar-refractivity contribution is -0.140. The van der Waals surface area contributed by atoms with Gasteiger partial charge in [-0.2, -0.15) is 0 Å². The van der Waals surface area contributed by atoms with E-state index in [0.29, 0.717) is 28.6 Å². The molecular formula is C27H27Cl2FN2O2. The molecule has 1 atom stereocenters. The number of nitrogens with one attached hydrogen (secondary N) is 1. The maximum atomic E-state index is 13.6. The maximum absolute atomic E-state index is 13.6. The van der Waals surface area contributed by atoms with Crippen molar-refractivity contribution in [2.45, 2.75) is 38.8 Å². The quantitative estimate of drug-likeness (QED) is 0.380. The van der Waals surface area contributed by atoms with Crippen molar-refractivity contribution in [2.24, 2.45) is 0 Å². The molecule has 0 fully saturated rings. The molecular weight excluding hydrogens is 474 g/mol. The smallest absolute Gasteiger partial charge is 0.243 e. The number of amides is 2. The average molecular weight is 501 g/mol. The lowest BCUT2D eigenvalue weighted by Crippen LogP contribution is -2.51. The van der Waals surface area contributed by atoms with E-state index >= 15 is 0 Å². The van der Waals surface area contributed by atoms with Gasteiger partial charge in [-0.25, -0.2) is 4.39 Å². The summed E-state index contributed by atoms with van der Waals surface area (Å²) in [7, 11) is 0. The molecule has 34 heavy (non-hydrogen) atoms. The Bertz CT molecular complexity index is 1110. The highest BCUT2D eigenvalue weighted by Gasteiger charge is 2.30. The zero-order valence-electron chi connectivity index (χ0n) is 18.9. The lowest BCUT2D eigenvalue weighted by atomic mass is 10.0. The molecule has 0 heterocycles. The third-order valence-electron chi connectivity index (χ3n) is 5.43. The molecule has 0 bridgehead atoms. The van der Waals surface area contributed by atoms with Crippen LogP contribution in [-0.4, -0.2) is 29.3 Å².